The number of hydrogen-bond acceptors (Lipinski definition) is 7. The van der Waals surface area contributed by atoms with Gasteiger partial charge in [-0.1, -0.05) is 12.1 Å². The summed E-state index contributed by atoms with van der Waals surface area (Å²) in [5.74, 6) is -0.666. The Labute approximate surface area is 180 Å². The monoisotopic (exact) mass is 432 g/mol. The van der Waals surface area contributed by atoms with Crippen molar-refractivity contribution < 1.29 is 8.81 Å². The summed E-state index contributed by atoms with van der Waals surface area (Å²) in [7, 11) is 0. The van der Waals surface area contributed by atoms with Gasteiger partial charge in [-0.05, 0) is 36.2 Å². The highest BCUT2D eigenvalue weighted by molar-refractivity contribution is 5.76. The van der Waals surface area contributed by atoms with Crippen molar-refractivity contribution in [1.29, 1.82) is 5.26 Å². The fourth-order valence-electron chi connectivity index (χ4n) is 4.05. The Bertz CT molecular complexity index is 1490. The number of alkyl halides is 1. The molecule has 0 saturated heterocycles. The van der Waals surface area contributed by atoms with Gasteiger partial charge < -0.3 is 4.42 Å². The maximum atomic E-state index is 15.2. The molecule has 32 heavy (non-hydrogen) atoms. The lowest BCUT2D eigenvalue weighted by Gasteiger charge is -2.40. The molecule has 0 spiro atoms. The lowest BCUT2D eigenvalue weighted by molar-refractivity contribution is 0.00179. The molecule has 0 atom stereocenters. The summed E-state index contributed by atoms with van der Waals surface area (Å²) >= 11 is 0. The van der Waals surface area contributed by atoms with Crippen LogP contribution in [-0.2, 0) is 12.2 Å². The van der Waals surface area contributed by atoms with E-state index in [2.05, 4.69) is 15.1 Å². The van der Waals surface area contributed by atoms with Gasteiger partial charge in [-0.25, -0.2) is 19.2 Å². The number of rotatable bonds is 4. The molecular formula is C22H17FN6O3. The van der Waals surface area contributed by atoms with Gasteiger partial charge in [0.25, 0.3) is 5.56 Å². The van der Waals surface area contributed by atoms with E-state index < -0.39 is 17.5 Å². The summed E-state index contributed by atoms with van der Waals surface area (Å²) in [5, 5.41) is 13.5. The molecule has 9 nitrogen and oxygen atoms in total. The van der Waals surface area contributed by atoms with Gasteiger partial charge in [-0.3, -0.25) is 9.36 Å². The summed E-state index contributed by atoms with van der Waals surface area (Å²) in [6.45, 7) is 1.71. The van der Waals surface area contributed by atoms with E-state index in [-0.39, 0.29) is 30.8 Å². The highest BCUT2D eigenvalue weighted by Gasteiger charge is 2.48. The van der Waals surface area contributed by atoms with E-state index in [1.165, 1.54) is 10.9 Å². The van der Waals surface area contributed by atoms with Crippen molar-refractivity contribution in [2.45, 2.75) is 38.0 Å². The van der Waals surface area contributed by atoms with Crippen molar-refractivity contribution in [1.82, 2.24) is 24.3 Å². The number of pyridine rings is 1. The molecule has 1 aliphatic carbocycles. The summed E-state index contributed by atoms with van der Waals surface area (Å²) in [5.41, 5.74) is 0.0866. The third kappa shape index (κ3) is 3.19. The van der Waals surface area contributed by atoms with Crippen molar-refractivity contribution >= 4 is 11.0 Å². The normalized spacial score (nSPS) is 20.1. The predicted molar refractivity (Wildman–Crippen MR) is 111 cm³/mol. The van der Waals surface area contributed by atoms with Crippen molar-refractivity contribution in [3.05, 3.63) is 86.3 Å². The molecule has 0 aliphatic heterocycles. The Kier molecular flexibility index (Phi) is 4.48. The highest BCUT2D eigenvalue weighted by atomic mass is 19.1. The third-order valence-electron chi connectivity index (χ3n) is 5.85. The fourth-order valence-corrected chi connectivity index (χ4v) is 4.05. The molecule has 5 rings (SSSR count). The van der Waals surface area contributed by atoms with Gasteiger partial charge in [0.05, 0.1) is 23.1 Å². The lowest BCUT2D eigenvalue weighted by Crippen LogP contribution is -2.41. The molecule has 10 heteroatoms. The Balaban J connectivity index is 1.37. The third-order valence-corrected chi connectivity index (χ3v) is 5.85. The number of nitriles is 1. The topological polar surface area (TPSA) is 120 Å². The second-order valence-electron chi connectivity index (χ2n) is 7.93. The van der Waals surface area contributed by atoms with E-state index >= 15 is 4.39 Å². The minimum absolute atomic E-state index is 0.0366. The molecule has 160 valence electrons. The van der Waals surface area contributed by atoms with Crippen LogP contribution in [0.2, 0.25) is 0 Å². The largest absolute Gasteiger partial charge is 0.437 e. The SMILES string of the molecule is Cc1ccnc2ncn(Cc3nn([C@H]4C[C@](F)(c5ccc(C#N)cc5)C4)c(=O)o3)c(=O)c12. The Morgan fingerprint density at radius 2 is 1.97 bits per heavy atom. The second-order valence-corrected chi connectivity index (χ2v) is 7.93. The molecule has 0 amide bonds. The van der Waals surface area contributed by atoms with Gasteiger partial charge >= 0.3 is 5.76 Å². The molecule has 4 aromatic rings. The maximum absolute atomic E-state index is 15.2. The average Bonchev–Trinajstić information content (AvgIpc) is 3.13. The molecular weight excluding hydrogens is 415 g/mol. The number of hydrogen-bond donors (Lipinski definition) is 0. The molecule has 1 fully saturated rings. The molecule has 0 unspecified atom stereocenters. The van der Waals surface area contributed by atoms with E-state index in [1.807, 2.05) is 6.07 Å². The quantitative estimate of drug-likeness (QED) is 0.485. The summed E-state index contributed by atoms with van der Waals surface area (Å²) in [6, 6.07) is 9.56. The zero-order valence-electron chi connectivity index (χ0n) is 17.0. The molecule has 1 aliphatic rings. The van der Waals surface area contributed by atoms with Crippen LogP contribution in [0.15, 0.2) is 56.9 Å². The standard InChI is InChI=1S/C22H17FN6O3/c1-13-6-7-25-19-18(13)20(30)28(12-26-19)11-17-27-29(21(31)32-17)16-8-22(23,9-16)15-4-2-14(10-24)3-5-15/h2-7,12,16H,8-9,11H2,1H3/t16-,22+. The fraction of sp³-hybridized carbons (Fsp3) is 0.273. The molecule has 0 radical (unpaired) electrons. The van der Waals surface area contributed by atoms with Crippen molar-refractivity contribution in [2.75, 3.05) is 0 Å². The number of benzene rings is 1. The first kappa shape index (κ1) is 19.8. The van der Waals surface area contributed by atoms with Gasteiger partial charge in [-0.15, -0.1) is 5.10 Å². The molecule has 1 aromatic carbocycles. The molecule has 1 saturated carbocycles. The molecule has 3 heterocycles. The van der Waals surface area contributed by atoms with E-state index in [1.54, 1.807) is 43.5 Å². The maximum Gasteiger partial charge on any atom is 0.437 e. The van der Waals surface area contributed by atoms with Gasteiger partial charge in [0.2, 0.25) is 5.89 Å². The van der Waals surface area contributed by atoms with E-state index in [0.29, 0.717) is 22.2 Å². The van der Waals surface area contributed by atoms with Crippen LogP contribution in [0.25, 0.3) is 11.0 Å². The van der Waals surface area contributed by atoms with Crippen LogP contribution in [0, 0.1) is 18.3 Å². The number of nitrogens with zero attached hydrogens (tertiary/aromatic N) is 6. The Morgan fingerprint density at radius 3 is 2.69 bits per heavy atom. The Hall–Kier alpha value is -4.13. The van der Waals surface area contributed by atoms with Crippen LogP contribution in [0.1, 0.15) is 41.5 Å². The second kappa shape index (κ2) is 7.23. The van der Waals surface area contributed by atoms with Crippen LogP contribution < -0.4 is 11.3 Å². The first-order valence-corrected chi connectivity index (χ1v) is 9.97. The van der Waals surface area contributed by atoms with Crippen LogP contribution in [0.4, 0.5) is 4.39 Å². The predicted octanol–water partition coefficient (Wildman–Crippen LogP) is 2.37. The van der Waals surface area contributed by atoms with Gasteiger partial charge in [0.1, 0.15) is 18.5 Å². The van der Waals surface area contributed by atoms with Crippen molar-refractivity contribution in [2.24, 2.45) is 0 Å². The number of halogens is 1. The molecule has 3 aromatic heterocycles. The zero-order chi connectivity index (χ0) is 22.5. The van der Waals surface area contributed by atoms with Gasteiger partial charge in [0, 0.05) is 19.0 Å². The van der Waals surface area contributed by atoms with Crippen LogP contribution in [-0.4, -0.2) is 24.3 Å². The van der Waals surface area contributed by atoms with Crippen molar-refractivity contribution in [3.8, 4) is 6.07 Å². The summed E-state index contributed by atoms with van der Waals surface area (Å²) in [4.78, 5) is 33.4. The lowest BCUT2D eigenvalue weighted by atomic mass is 9.73. The number of fused-ring (bicyclic) bond motifs is 1. The van der Waals surface area contributed by atoms with Crippen LogP contribution >= 0.6 is 0 Å². The minimum atomic E-state index is -1.60. The van der Waals surface area contributed by atoms with E-state index in [0.717, 1.165) is 10.2 Å². The smallest absolute Gasteiger partial charge is 0.390 e. The van der Waals surface area contributed by atoms with Crippen molar-refractivity contribution in [3.63, 3.8) is 0 Å². The van der Waals surface area contributed by atoms with Gasteiger partial charge in [0.15, 0.2) is 5.65 Å². The molecule has 0 bridgehead atoms. The van der Waals surface area contributed by atoms with Gasteiger partial charge in [-0.2, -0.15) is 9.94 Å². The minimum Gasteiger partial charge on any atom is -0.390 e. The van der Waals surface area contributed by atoms with E-state index in [9.17, 15) is 9.59 Å². The number of aromatic nitrogens is 5. The molecule has 0 N–H and O–H groups in total. The first-order chi connectivity index (χ1) is 15.4. The first-order valence-electron chi connectivity index (χ1n) is 9.97. The van der Waals surface area contributed by atoms with Crippen LogP contribution in [0.3, 0.4) is 0 Å². The zero-order valence-corrected chi connectivity index (χ0v) is 17.0. The summed E-state index contributed by atoms with van der Waals surface area (Å²) < 4.78 is 22.9. The summed E-state index contributed by atoms with van der Waals surface area (Å²) in [6.07, 6.45) is 3.04. The average molecular weight is 432 g/mol. The highest BCUT2D eigenvalue weighted by Crippen LogP contribution is 2.50. The number of aryl methyl sites for hydroxylation is 1. The Morgan fingerprint density at radius 1 is 1.22 bits per heavy atom. The van der Waals surface area contributed by atoms with E-state index in [4.69, 9.17) is 9.68 Å². The van der Waals surface area contributed by atoms with Crippen LogP contribution in [0.5, 0.6) is 0 Å².